The summed E-state index contributed by atoms with van der Waals surface area (Å²) in [5.41, 5.74) is 1.20. The fourth-order valence-electron chi connectivity index (χ4n) is 1.80. The van der Waals surface area contributed by atoms with Crippen molar-refractivity contribution in [3.05, 3.63) is 60.2 Å². The van der Waals surface area contributed by atoms with E-state index in [1.165, 1.54) is 5.56 Å². The molecule has 2 rings (SSSR count). The first kappa shape index (κ1) is 12.5. The fraction of sp³-hybridized carbons (Fsp3) is 0.250. The van der Waals surface area contributed by atoms with Gasteiger partial charge >= 0.3 is 0 Å². The molecule has 0 saturated carbocycles. The molecule has 0 saturated heterocycles. The third-order valence-electron chi connectivity index (χ3n) is 2.69. The third-order valence-corrected chi connectivity index (χ3v) is 2.69. The Labute approximate surface area is 108 Å². The van der Waals surface area contributed by atoms with Gasteiger partial charge in [-0.15, -0.1) is 0 Å². The van der Waals surface area contributed by atoms with Crippen LogP contribution in [0.15, 0.2) is 54.6 Å². The van der Waals surface area contributed by atoms with Crippen molar-refractivity contribution in [1.82, 2.24) is 0 Å². The lowest BCUT2D eigenvalue weighted by atomic mass is 10.1. The van der Waals surface area contributed by atoms with Crippen molar-refractivity contribution in [2.45, 2.75) is 26.6 Å². The van der Waals surface area contributed by atoms with Crippen LogP contribution in [0.1, 0.15) is 19.4 Å². The zero-order valence-electron chi connectivity index (χ0n) is 10.8. The Bertz CT molecular complexity index is 479. The van der Waals surface area contributed by atoms with Crippen molar-refractivity contribution in [1.29, 1.82) is 0 Å². The second kappa shape index (κ2) is 6.10. The maximum Gasteiger partial charge on any atom is 0.238 e. The predicted octanol–water partition coefficient (Wildman–Crippen LogP) is 4.05. The maximum atomic E-state index is 5.82. The number of para-hydroxylation sites is 2. The van der Waals surface area contributed by atoms with Crippen molar-refractivity contribution in [3.8, 4) is 11.5 Å². The van der Waals surface area contributed by atoms with Crippen LogP contribution in [0.4, 0.5) is 0 Å². The van der Waals surface area contributed by atoms with Crippen LogP contribution < -0.4 is 9.47 Å². The minimum absolute atomic E-state index is 0.305. The van der Waals surface area contributed by atoms with E-state index in [4.69, 9.17) is 9.47 Å². The monoisotopic (exact) mass is 242 g/mol. The second-order valence-corrected chi connectivity index (χ2v) is 4.08. The molecule has 1 unspecified atom stereocenters. The molecule has 2 heteroatoms. The molecule has 0 bridgehead atoms. The molecule has 2 aromatic rings. The zero-order chi connectivity index (χ0) is 12.8. The molecule has 2 aromatic carbocycles. The van der Waals surface area contributed by atoms with E-state index in [0.29, 0.717) is 0 Å². The molecule has 0 aromatic heterocycles. The predicted molar refractivity (Wildman–Crippen MR) is 73.0 cm³/mol. The number of rotatable bonds is 5. The lowest BCUT2D eigenvalue weighted by Gasteiger charge is -2.18. The summed E-state index contributed by atoms with van der Waals surface area (Å²) in [4.78, 5) is 0. The molecule has 0 spiro atoms. The lowest BCUT2D eigenvalue weighted by Crippen LogP contribution is -2.20. The zero-order valence-corrected chi connectivity index (χ0v) is 10.8. The summed E-state index contributed by atoms with van der Waals surface area (Å²) >= 11 is 0. The van der Waals surface area contributed by atoms with Crippen LogP contribution in [-0.2, 0) is 6.42 Å². The maximum absolute atomic E-state index is 5.82. The van der Waals surface area contributed by atoms with E-state index in [9.17, 15) is 0 Å². The fourth-order valence-corrected chi connectivity index (χ4v) is 1.80. The first-order valence-corrected chi connectivity index (χ1v) is 6.26. The summed E-state index contributed by atoms with van der Waals surface area (Å²) in [6.45, 7) is 4.02. The molecule has 1 atom stereocenters. The molecule has 94 valence electrons. The van der Waals surface area contributed by atoms with Gasteiger partial charge in [0.25, 0.3) is 0 Å². The number of benzene rings is 2. The number of hydrogen-bond acceptors (Lipinski definition) is 2. The van der Waals surface area contributed by atoms with Crippen LogP contribution >= 0.6 is 0 Å². The molecule has 0 aliphatic carbocycles. The van der Waals surface area contributed by atoms with Crippen LogP contribution in [0.2, 0.25) is 0 Å². The van der Waals surface area contributed by atoms with Gasteiger partial charge in [0.1, 0.15) is 11.5 Å². The van der Waals surface area contributed by atoms with Gasteiger partial charge in [-0.1, -0.05) is 43.3 Å². The quantitative estimate of drug-likeness (QED) is 0.736. The third kappa shape index (κ3) is 3.27. The molecule has 0 aliphatic rings. The summed E-state index contributed by atoms with van der Waals surface area (Å²) in [6, 6.07) is 17.7. The topological polar surface area (TPSA) is 18.5 Å². The van der Waals surface area contributed by atoms with Gasteiger partial charge in [0, 0.05) is 6.92 Å². The minimum atomic E-state index is -0.305. The summed E-state index contributed by atoms with van der Waals surface area (Å²) in [5.74, 6) is 1.71. The van der Waals surface area contributed by atoms with E-state index in [0.717, 1.165) is 17.9 Å². The highest BCUT2D eigenvalue weighted by atomic mass is 16.7. The molecule has 0 amide bonds. The molecule has 0 fully saturated rings. The Hall–Kier alpha value is -1.96. The summed E-state index contributed by atoms with van der Waals surface area (Å²) in [6.07, 6.45) is 0.647. The smallest absolute Gasteiger partial charge is 0.238 e. The molecular weight excluding hydrogens is 224 g/mol. The van der Waals surface area contributed by atoms with E-state index in [-0.39, 0.29) is 6.29 Å². The Morgan fingerprint density at radius 3 is 2.28 bits per heavy atom. The highest BCUT2D eigenvalue weighted by Gasteiger charge is 2.07. The van der Waals surface area contributed by atoms with Gasteiger partial charge in [-0.25, -0.2) is 0 Å². The number of aryl methyl sites for hydroxylation is 1. The van der Waals surface area contributed by atoms with Gasteiger partial charge in [-0.2, -0.15) is 0 Å². The molecule has 0 N–H and O–H groups in total. The van der Waals surface area contributed by atoms with Crippen molar-refractivity contribution < 1.29 is 9.47 Å². The lowest BCUT2D eigenvalue weighted by molar-refractivity contribution is 0.0216. The number of ether oxygens (including phenoxy) is 2. The minimum Gasteiger partial charge on any atom is -0.455 e. The highest BCUT2D eigenvalue weighted by molar-refractivity contribution is 5.33. The molecule has 0 radical (unpaired) electrons. The van der Waals surface area contributed by atoms with Crippen LogP contribution in [0, 0.1) is 0 Å². The first-order valence-electron chi connectivity index (χ1n) is 6.26. The van der Waals surface area contributed by atoms with Crippen molar-refractivity contribution in [2.24, 2.45) is 0 Å². The molecule has 2 nitrogen and oxygen atoms in total. The van der Waals surface area contributed by atoms with Crippen LogP contribution in [0.25, 0.3) is 0 Å². The Kier molecular flexibility index (Phi) is 4.24. The van der Waals surface area contributed by atoms with Gasteiger partial charge < -0.3 is 9.47 Å². The standard InChI is InChI=1S/C16H18O2/c1-3-14-9-7-8-12-16(14)18-13(2)17-15-10-5-4-6-11-15/h4-13H,3H2,1-2H3. The van der Waals surface area contributed by atoms with E-state index < -0.39 is 0 Å². The average Bonchev–Trinajstić information content (AvgIpc) is 2.40. The van der Waals surface area contributed by atoms with E-state index >= 15 is 0 Å². The molecular formula is C16H18O2. The molecule has 0 aliphatic heterocycles. The Morgan fingerprint density at radius 2 is 1.56 bits per heavy atom. The molecule has 18 heavy (non-hydrogen) atoms. The van der Waals surface area contributed by atoms with Crippen molar-refractivity contribution in [2.75, 3.05) is 0 Å². The van der Waals surface area contributed by atoms with Gasteiger partial charge in [-0.3, -0.25) is 0 Å². The summed E-state index contributed by atoms with van der Waals surface area (Å²) < 4.78 is 11.5. The van der Waals surface area contributed by atoms with Gasteiger partial charge in [-0.05, 0) is 30.2 Å². The van der Waals surface area contributed by atoms with E-state index in [2.05, 4.69) is 13.0 Å². The molecule has 0 heterocycles. The second-order valence-electron chi connectivity index (χ2n) is 4.08. The van der Waals surface area contributed by atoms with Crippen molar-refractivity contribution >= 4 is 0 Å². The summed E-state index contributed by atoms with van der Waals surface area (Å²) in [7, 11) is 0. The SMILES string of the molecule is CCc1ccccc1OC(C)Oc1ccccc1. The van der Waals surface area contributed by atoms with Crippen LogP contribution in [-0.4, -0.2) is 6.29 Å². The number of hydrogen-bond donors (Lipinski definition) is 0. The van der Waals surface area contributed by atoms with E-state index in [1.807, 2.05) is 55.5 Å². The summed E-state index contributed by atoms with van der Waals surface area (Å²) in [5, 5.41) is 0. The van der Waals surface area contributed by atoms with Gasteiger partial charge in [0.15, 0.2) is 0 Å². The van der Waals surface area contributed by atoms with E-state index in [1.54, 1.807) is 0 Å². The Morgan fingerprint density at radius 1 is 0.889 bits per heavy atom. The van der Waals surface area contributed by atoms with Gasteiger partial charge in [0.2, 0.25) is 6.29 Å². The highest BCUT2D eigenvalue weighted by Crippen LogP contribution is 2.21. The van der Waals surface area contributed by atoms with Crippen molar-refractivity contribution in [3.63, 3.8) is 0 Å². The van der Waals surface area contributed by atoms with Crippen LogP contribution in [0.5, 0.6) is 11.5 Å². The first-order chi connectivity index (χ1) is 8.79. The largest absolute Gasteiger partial charge is 0.455 e. The normalized spacial score (nSPS) is 11.9. The average molecular weight is 242 g/mol. The van der Waals surface area contributed by atoms with Crippen LogP contribution in [0.3, 0.4) is 0 Å². The van der Waals surface area contributed by atoms with Gasteiger partial charge in [0.05, 0.1) is 0 Å². The Balaban J connectivity index is 2.01.